The van der Waals surface area contributed by atoms with Crippen LogP contribution in [-0.4, -0.2) is 11.1 Å². The van der Waals surface area contributed by atoms with Gasteiger partial charge in [0.25, 0.3) is 0 Å². The molecular weight excluding hydrogens is 270 g/mol. The number of rotatable bonds is 5. The molecule has 0 saturated heterocycles. The summed E-state index contributed by atoms with van der Waals surface area (Å²) in [6.07, 6.45) is 0.762. The fourth-order valence-electron chi connectivity index (χ4n) is 3.04. The lowest BCUT2D eigenvalue weighted by molar-refractivity contribution is 0.0441. The van der Waals surface area contributed by atoms with E-state index in [0.717, 1.165) is 28.7 Å². The average Bonchev–Trinajstić information content (AvgIpc) is 2.45. The Morgan fingerprint density at radius 1 is 0.955 bits per heavy atom. The van der Waals surface area contributed by atoms with Crippen molar-refractivity contribution in [2.75, 3.05) is 0 Å². The summed E-state index contributed by atoms with van der Waals surface area (Å²) in [5.41, 5.74) is 9.29. The van der Waals surface area contributed by atoms with Crippen molar-refractivity contribution in [1.82, 2.24) is 0 Å². The van der Waals surface area contributed by atoms with Crippen LogP contribution in [0.15, 0.2) is 48.5 Å². The minimum absolute atomic E-state index is 0.351. The molecule has 2 rings (SSSR count). The van der Waals surface area contributed by atoms with Crippen LogP contribution in [0, 0.1) is 19.8 Å². The molecule has 0 fully saturated rings. The van der Waals surface area contributed by atoms with E-state index >= 15 is 0 Å². The summed E-state index contributed by atoms with van der Waals surface area (Å²) in [5.74, 6) is 0.427. The predicted molar refractivity (Wildman–Crippen MR) is 92.8 cm³/mol. The molecular formula is C20H27NO. The molecule has 1 unspecified atom stereocenters. The molecule has 0 spiro atoms. The van der Waals surface area contributed by atoms with E-state index in [-0.39, 0.29) is 6.04 Å². The number of aryl methyl sites for hydroxylation is 2. The quantitative estimate of drug-likeness (QED) is 0.879. The fourth-order valence-corrected chi connectivity index (χ4v) is 3.04. The van der Waals surface area contributed by atoms with E-state index < -0.39 is 5.60 Å². The molecule has 1 atom stereocenters. The summed E-state index contributed by atoms with van der Waals surface area (Å²) in [6, 6.07) is 15.7. The van der Waals surface area contributed by atoms with Crippen LogP contribution in [-0.2, 0) is 5.60 Å². The van der Waals surface area contributed by atoms with E-state index in [9.17, 15) is 5.11 Å². The van der Waals surface area contributed by atoms with Gasteiger partial charge in [-0.15, -0.1) is 0 Å². The maximum Gasteiger partial charge on any atom is 0.130 e. The van der Waals surface area contributed by atoms with Crippen molar-refractivity contribution in [3.05, 3.63) is 70.8 Å². The van der Waals surface area contributed by atoms with Crippen molar-refractivity contribution >= 4 is 0 Å². The number of benzene rings is 2. The highest BCUT2D eigenvalue weighted by atomic mass is 16.3. The molecule has 0 aliphatic carbocycles. The Morgan fingerprint density at radius 3 is 1.77 bits per heavy atom. The van der Waals surface area contributed by atoms with E-state index in [2.05, 4.69) is 13.8 Å². The first-order valence-corrected chi connectivity index (χ1v) is 7.96. The highest BCUT2D eigenvalue weighted by Crippen LogP contribution is 2.35. The van der Waals surface area contributed by atoms with Crippen LogP contribution in [0.1, 0.15) is 42.5 Å². The molecule has 2 heteroatoms. The smallest absolute Gasteiger partial charge is 0.130 e. The van der Waals surface area contributed by atoms with Crippen LogP contribution in [0.3, 0.4) is 0 Å². The second kappa shape index (κ2) is 6.64. The van der Waals surface area contributed by atoms with Crippen molar-refractivity contribution in [2.45, 2.75) is 45.8 Å². The van der Waals surface area contributed by atoms with Gasteiger partial charge in [-0.25, -0.2) is 0 Å². The molecule has 0 amide bonds. The second-order valence-corrected chi connectivity index (χ2v) is 6.74. The van der Waals surface area contributed by atoms with Crippen molar-refractivity contribution in [3.8, 4) is 0 Å². The Bertz CT molecular complexity index is 588. The van der Waals surface area contributed by atoms with E-state index in [1.807, 2.05) is 62.4 Å². The highest BCUT2D eigenvalue weighted by Gasteiger charge is 2.38. The summed E-state index contributed by atoms with van der Waals surface area (Å²) in [7, 11) is 0. The molecule has 0 bridgehead atoms. The van der Waals surface area contributed by atoms with E-state index in [4.69, 9.17) is 5.73 Å². The Hall–Kier alpha value is -1.64. The summed E-state index contributed by atoms with van der Waals surface area (Å²) < 4.78 is 0. The Morgan fingerprint density at radius 2 is 1.41 bits per heavy atom. The zero-order chi connectivity index (χ0) is 16.3. The molecule has 0 aliphatic rings. The summed E-state index contributed by atoms with van der Waals surface area (Å²) in [4.78, 5) is 0. The summed E-state index contributed by atoms with van der Waals surface area (Å²) >= 11 is 0. The number of nitrogens with two attached hydrogens (primary N) is 1. The maximum atomic E-state index is 11.6. The zero-order valence-corrected chi connectivity index (χ0v) is 14.0. The second-order valence-electron chi connectivity index (χ2n) is 6.74. The van der Waals surface area contributed by atoms with Gasteiger partial charge in [-0.2, -0.15) is 0 Å². The van der Waals surface area contributed by atoms with Crippen molar-refractivity contribution in [3.63, 3.8) is 0 Å². The Kier molecular flexibility index (Phi) is 5.05. The average molecular weight is 297 g/mol. The van der Waals surface area contributed by atoms with Gasteiger partial charge in [0, 0.05) is 6.04 Å². The molecule has 2 aromatic carbocycles. The molecule has 22 heavy (non-hydrogen) atoms. The molecule has 0 saturated carbocycles. The molecule has 0 radical (unpaired) electrons. The molecule has 2 nitrogen and oxygen atoms in total. The lowest BCUT2D eigenvalue weighted by Gasteiger charge is -2.36. The minimum atomic E-state index is -1.16. The molecule has 0 aromatic heterocycles. The van der Waals surface area contributed by atoms with Gasteiger partial charge in [-0.3, -0.25) is 0 Å². The van der Waals surface area contributed by atoms with Crippen LogP contribution in [0.2, 0.25) is 0 Å². The third-order valence-corrected chi connectivity index (χ3v) is 4.18. The highest BCUT2D eigenvalue weighted by molar-refractivity contribution is 5.41. The van der Waals surface area contributed by atoms with E-state index in [1.165, 1.54) is 0 Å². The molecule has 0 aliphatic heterocycles. The first-order chi connectivity index (χ1) is 10.3. The van der Waals surface area contributed by atoms with Gasteiger partial charge in [-0.1, -0.05) is 73.5 Å². The number of hydrogen-bond donors (Lipinski definition) is 2. The lowest BCUT2D eigenvalue weighted by Crippen LogP contribution is -2.47. The van der Waals surface area contributed by atoms with E-state index in [0.29, 0.717) is 5.92 Å². The standard InChI is InChI=1S/C20H27NO/c1-14(2)11-19(21)20(22,17-9-5-7-15(3)12-17)18-10-6-8-16(4)13-18/h5-10,12-14,19,22H,11,21H2,1-4H3. The fraction of sp³-hybridized carbons (Fsp3) is 0.400. The predicted octanol–water partition coefficient (Wildman–Crippen LogP) is 3.91. The van der Waals surface area contributed by atoms with Gasteiger partial charge >= 0.3 is 0 Å². The van der Waals surface area contributed by atoms with Crippen molar-refractivity contribution < 1.29 is 5.11 Å². The number of aliphatic hydroxyl groups is 1. The van der Waals surface area contributed by atoms with Crippen LogP contribution in [0.5, 0.6) is 0 Å². The lowest BCUT2D eigenvalue weighted by atomic mass is 9.77. The minimum Gasteiger partial charge on any atom is -0.379 e. The van der Waals surface area contributed by atoms with Gasteiger partial charge in [0.05, 0.1) is 0 Å². The maximum absolute atomic E-state index is 11.6. The summed E-state index contributed by atoms with van der Waals surface area (Å²) in [5, 5.41) is 11.6. The third kappa shape index (κ3) is 3.40. The first-order valence-electron chi connectivity index (χ1n) is 7.96. The van der Waals surface area contributed by atoms with E-state index in [1.54, 1.807) is 0 Å². The van der Waals surface area contributed by atoms with Gasteiger partial charge in [-0.05, 0) is 37.3 Å². The SMILES string of the molecule is Cc1cccc(C(O)(c2cccc(C)c2)C(N)CC(C)C)c1. The third-order valence-electron chi connectivity index (χ3n) is 4.18. The normalized spacial score (nSPS) is 13.4. The molecule has 118 valence electrons. The van der Waals surface area contributed by atoms with Crippen molar-refractivity contribution in [1.29, 1.82) is 0 Å². The largest absolute Gasteiger partial charge is 0.379 e. The topological polar surface area (TPSA) is 46.2 Å². The van der Waals surface area contributed by atoms with Gasteiger partial charge in [0.2, 0.25) is 0 Å². The molecule has 2 aromatic rings. The van der Waals surface area contributed by atoms with Crippen LogP contribution < -0.4 is 5.73 Å². The van der Waals surface area contributed by atoms with Crippen molar-refractivity contribution in [2.24, 2.45) is 11.7 Å². The van der Waals surface area contributed by atoms with Crippen LogP contribution in [0.4, 0.5) is 0 Å². The summed E-state index contributed by atoms with van der Waals surface area (Å²) in [6.45, 7) is 8.34. The molecule has 3 N–H and O–H groups in total. The van der Waals surface area contributed by atoms with Crippen LogP contribution in [0.25, 0.3) is 0 Å². The molecule has 0 heterocycles. The Balaban J connectivity index is 2.58. The van der Waals surface area contributed by atoms with Gasteiger partial charge in [0.15, 0.2) is 0 Å². The first kappa shape index (κ1) is 16.7. The number of hydrogen-bond acceptors (Lipinski definition) is 2. The Labute approximate surface area is 134 Å². The monoisotopic (exact) mass is 297 g/mol. The van der Waals surface area contributed by atoms with Gasteiger partial charge in [0.1, 0.15) is 5.60 Å². The van der Waals surface area contributed by atoms with Gasteiger partial charge < -0.3 is 10.8 Å². The van der Waals surface area contributed by atoms with Crippen LogP contribution >= 0.6 is 0 Å². The zero-order valence-electron chi connectivity index (χ0n) is 14.0.